The Hall–Kier alpha value is -4.84. The van der Waals surface area contributed by atoms with Crippen molar-refractivity contribution in [2.45, 2.75) is 12.3 Å². The Bertz CT molecular complexity index is 1520. The van der Waals surface area contributed by atoms with Crippen LogP contribution in [-0.2, 0) is 5.41 Å². The van der Waals surface area contributed by atoms with Crippen LogP contribution in [-0.4, -0.2) is 36.2 Å². The maximum Gasteiger partial charge on any atom is 0.269 e. The molecule has 0 aliphatic rings. The van der Waals surface area contributed by atoms with E-state index in [9.17, 15) is 4.79 Å². The molecule has 0 fully saturated rings. The summed E-state index contributed by atoms with van der Waals surface area (Å²) in [5, 5.41) is 3.18. The third-order valence-electron chi connectivity index (χ3n) is 7.14. The topological polar surface area (TPSA) is 65.4 Å². The Morgan fingerprint density at radius 1 is 0.795 bits per heavy atom. The van der Waals surface area contributed by atoms with Crippen LogP contribution in [0.3, 0.4) is 0 Å². The van der Waals surface area contributed by atoms with Gasteiger partial charge in [0.15, 0.2) is 11.5 Å². The summed E-state index contributed by atoms with van der Waals surface area (Å²) in [6.07, 6.45) is 3.26. The molecule has 0 radical (unpaired) electrons. The molecule has 0 saturated carbocycles. The van der Waals surface area contributed by atoms with E-state index < -0.39 is 5.41 Å². The van der Waals surface area contributed by atoms with Gasteiger partial charge in [-0.25, -0.2) is 4.98 Å². The summed E-state index contributed by atoms with van der Waals surface area (Å²) >= 11 is 0. The van der Waals surface area contributed by atoms with Crippen LogP contribution in [0.2, 0.25) is 0 Å². The highest BCUT2D eigenvalue weighted by atomic mass is 16.5. The van der Waals surface area contributed by atoms with Crippen molar-refractivity contribution in [3.63, 3.8) is 0 Å². The molecule has 0 atom stereocenters. The minimum atomic E-state index is -0.406. The maximum absolute atomic E-state index is 13.5. The molecule has 0 bridgehead atoms. The Kier molecular flexibility index (Phi) is 7.46. The van der Waals surface area contributed by atoms with Gasteiger partial charge < -0.3 is 14.8 Å². The third kappa shape index (κ3) is 5.27. The molecule has 0 saturated heterocycles. The first-order valence-corrected chi connectivity index (χ1v) is 12.8. The van der Waals surface area contributed by atoms with Crippen molar-refractivity contribution in [1.82, 2.24) is 14.9 Å². The zero-order valence-corrected chi connectivity index (χ0v) is 22.3. The van der Waals surface area contributed by atoms with Gasteiger partial charge in [-0.2, -0.15) is 0 Å². The number of amides is 1. The molecule has 0 aliphatic carbocycles. The quantitative estimate of drug-likeness (QED) is 0.249. The number of hydrogen-bond acceptors (Lipinski definition) is 4. The lowest BCUT2D eigenvalue weighted by Crippen LogP contribution is -2.40. The maximum atomic E-state index is 13.5. The largest absolute Gasteiger partial charge is 0.493 e. The highest BCUT2D eigenvalue weighted by Crippen LogP contribution is 2.33. The molecule has 1 N–H and O–H groups in total. The van der Waals surface area contributed by atoms with Crippen molar-refractivity contribution in [2.24, 2.45) is 0 Å². The number of aromatic nitrogens is 2. The van der Waals surface area contributed by atoms with Gasteiger partial charge in [0.05, 0.1) is 26.7 Å². The van der Waals surface area contributed by atoms with Crippen LogP contribution in [0, 0.1) is 0 Å². The van der Waals surface area contributed by atoms with Gasteiger partial charge in [-0.3, -0.25) is 9.36 Å². The Morgan fingerprint density at radius 3 is 2.08 bits per heavy atom. The summed E-state index contributed by atoms with van der Waals surface area (Å²) in [6.45, 7) is 2.58. The van der Waals surface area contributed by atoms with E-state index in [2.05, 4.69) is 41.5 Å². The first-order chi connectivity index (χ1) is 19.0. The Morgan fingerprint density at radius 2 is 1.44 bits per heavy atom. The molecular formula is C33H31N3O3. The summed E-state index contributed by atoms with van der Waals surface area (Å²) in [6, 6.07) is 34.3. The SMILES string of the molecule is COc1ccc(-c2cccc(-n3cncc3C(=O)NCC(C)(c3ccccc3)c3ccccc3)c2)cc1OC. The zero-order valence-electron chi connectivity index (χ0n) is 22.3. The first-order valence-electron chi connectivity index (χ1n) is 12.8. The zero-order chi connectivity index (χ0) is 27.2. The highest BCUT2D eigenvalue weighted by molar-refractivity contribution is 5.93. The average molecular weight is 518 g/mol. The second kappa shape index (κ2) is 11.3. The molecule has 5 rings (SSSR count). The average Bonchev–Trinajstić information content (AvgIpc) is 3.51. The molecule has 0 spiro atoms. The van der Waals surface area contributed by atoms with E-state index in [0.717, 1.165) is 27.9 Å². The van der Waals surface area contributed by atoms with Crippen LogP contribution in [0.5, 0.6) is 11.5 Å². The Labute approximate surface area is 228 Å². The minimum absolute atomic E-state index is 0.192. The number of ether oxygens (including phenoxy) is 2. The van der Waals surface area contributed by atoms with Crippen molar-refractivity contribution in [1.29, 1.82) is 0 Å². The van der Waals surface area contributed by atoms with Gasteiger partial charge in [0.2, 0.25) is 0 Å². The number of nitrogens with one attached hydrogen (secondary N) is 1. The van der Waals surface area contributed by atoms with Crippen LogP contribution in [0.1, 0.15) is 28.5 Å². The number of carbonyl (C=O) groups excluding carboxylic acids is 1. The van der Waals surface area contributed by atoms with E-state index in [1.54, 1.807) is 26.7 Å². The Balaban J connectivity index is 1.41. The monoisotopic (exact) mass is 517 g/mol. The van der Waals surface area contributed by atoms with Crippen LogP contribution in [0.15, 0.2) is 116 Å². The summed E-state index contributed by atoms with van der Waals surface area (Å²) in [5.41, 5.74) is 5.11. The molecule has 4 aromatic carbocycles. The molecular weight excluding hydrogens is 486 g/mol. The molecule has 1 heterocycles. The molecule has 6 heteroatoms. The lowest BCUT2D eigenvalue weighted by molar-refractivity contribution is 0.0940. The van der Waals surface area contributed by atoms with Crippen molar-refractivity contribution in [2.75, 3.05) is 20.8 Å². The summed E-state index contributed by atoms with van der Waals surface area (Å²) in [5.74, 6) is 1.13. The van der Waals surface area contributed by atoms with Gasteiger partial charge in [0.25, 0.3) is 5.91 Å². The molecule has 5 aromatic rings. The number of imidazole rings is 1. The fraction of sp³-hybridized carbons (Fsp3) is 0.152. The molecule has 6 nitrogen and oxygen atoms in total. The fourth-order valence-electron chi connectivity index (χ4n) is 4.85. The number of carbonyl (C=O) groups is 1. The number of methoxy groups -OCH3 is 2. The predicted molar refractivity (Wildman–Crippen MR) is 154 cm³/mol. The van der Waals surface area contributed by atoms with E-state index in [-0.39, 0.29) is 5.91 Å². The van der Waals surface area contributed by atoms with E-state index in [1.165, 1.54) is 0 Å². The molecule has 196 valence electrons. The van der Waals surface area contributed by atoms with Crippen LogP contribution in [0.4, 0.5) is 0 Å². The standard InChI is InChI=1S/C33H31N3O3/c1-33(26-12-6-4-7-13-26,27-14-8-5-9-15-27)22-35-32(37)29-21-34-23-36(29)28-16-10-11-24(19-28)25-17-18-30(38-2)31(20-25)39-3/h4-21,23H,22H2,1-3H3,(H,35,37). The van der Waals surface area contributed by atoms with Crippen LogP contribution >= 0.6 is 0 Å². The molecule has 39 heavy (non-hydrogen) atoms. The summed E-state index contributed by atoms with van der Waals surface area (Å²) < 4.78 is 12.7. The van der Waals surface area contributed by atoms with Gasteiger partial charge in [0.1, 0.15) is 5.69 Å². The second-order valence-corrected chi connectivity index (χ2v) is 9.52. The molecule has 0 aliphatic heterocycles. The van der Waals surface area contributed by atoms with Gasteiger partial charge in [-0.1, -0.05) is 78.9 Å². The first kappa shape index (κ1) is 25.8. The normalized spacial score (nSPS) is 11.2. The molecule has 1 aromatic heterocycles. The third-order valence-corrected chi connectivity index (χ3v) is 7.14. The molecule has 1 amide bonds. The van der Waals surface area contributed by atoms with Crippen molar-refractivity contribution >= 4 is 5.91 Å². The number of benzene rings is 4. The minimum Gasteiger partial charge on any atom is -0.493 e. The van der Waals surface area contributed by atoms with Crippen LogP contribution in [0.25, 0.3) is 16.8 Å². The van der Waals surface area contributed by atoms with Gasteiger partial charge in [-0.15, -0.1) is 0 Å². The highest BCUT2D eigenvalue weighted by Gasteiger charge is 2.30. The van der Waals surface area contributed by atoms with Gasteiger partial charge in [0, 0.05) is 17.6 Å². The van der Waals surface area contributed by atoms with E-state index in [1.807, 2.05) is 83.4 Å². The second-order valence-electron chi connectivity index (χ2n) is 9.52. The summed E-state index contributed by atoms with van der Waals surface area (Å²) in [4.78, 5) is 17.8. The molecule has 0 unspecified atom stereocenters. The predicted octanol–water partition coefficient (Wildman–Crippen LogP) is 6.29. The smallest absolute Gasteiger partial charge is 0.269 e. The van der Waals surface area contributed by atoms with E-state index in [0.29, 0.717) is 23.7 Å². The van der Waals surface area contributed by atoms with Crippen molar-refractivity contribution in [3.8, 4) is 28.3 Å². The number of hydrogen-bond donors (Lipinski definition) is 1. The van der Waals surface area contributed by atoms with Crippen LogP contribution < -0.4 is 14.8 Å². The van der Waals surface area contributed by atoms with E-state index >= 15 is 0 Å². The van der Waals surface area contributed by atoms with Crippen molar-refractivity contribution in [3.05, 3.63) is 132 Å². The lowest BCUT2D eigenvalue weighted by atomic mass is 9.76. The van der Waals surface area contributed by atoms with Gasteiger partial charge >= 0.3 is 0 Å². The van der Waals surface area contributed by atoms with E-state index in [4.69, 9.17) is 9.47 Å². The fourth-order valence-corrected chi connectivity index (χ4v) is 4.85. The van der Waals surface area contributed by atoms with Crippen molar-refractivity contribution < 1.29 is 14.3 Å². The number of nitrogens with zero attached hydrogens (tertiary/aromatic N) is 2. The summed E-state index contributed by atoms with van der Waals surface area (Å²) in [7, 11) is 3.24. The van der Waals surface area contributed by atoms with Gasteiger partial charge in [-0.05, 0) is 53.4 Å². The lowest BCUT2D eigenvalue weighted by Gasteiger charge is -2.31. The number of rotatable bonds is 9.